The molecule has 124 valence electrons. The minimum atomic E-state index is -0.170. The number of urea groups is 1. The first kappa shape index (κ1) is 15.3. The predicted molar refractivity (Wildman–Crippen MR) is 93.1 cm³/mol. The first-order valence-corrected chi connectivity index (χ1v) is 8.33. The van der Waals surface area contributed by atoms with Crippen LogP contribution in [-0.2, 0) is 0 Å². The highest BCUT2D eigenvalue weighted by atomic mass is 35.5. The van der Waals surface area contributed by atoms with Crippen LogP contribution in [0.15, 0.2) is 48.5 Å². The minimum absolute atomic E-state index is 0.00245. The number of fused-ring (bicyclic) bond motifs is 1. The molecule has 2 aliphatic rings. The van der Waals surface area contributed by atoms with Crippen LogP contribution >= 0.6 is 11.6 Å². The number of hydrogen-bond acceptors (Lipinski definition) is 3. The third-order valence-electron chi connectivity index (χ3n) is 4.52. The van der Waals surface area contributed by atoms with Crippen LogP contribution in [0.2, 0.25) is 5.02 Å². The van der Waals surface area contributed by atoms with Gasteiger partial charge in [-0.2, -0.15) is 5.01 Å². The van der Waals surface area contributed by atoms with E-state index in [1.165, 1.54) is 0 Å². The smallest absolute Gasteiger partial charge is 0.340 e. The number of carbonyl (C=O) groups excluding carboxylic acids is 1. The molecule has 4 rings (SSSR count). The van der Waals surface area contributed by atoms with Crippen molar-refractivity contribution >= 4 is 23.3 Å². The van der Waals surface area contributed by atoms with Crippen LogP contribution in [0.5, 0.6) is 5.75 Å². The molecule has 24 heavy (non-hydrogen) atoms. The van der Waals surface area contributed by atoms with Gasteiger partial charge in [-0.1, -0.05) is 23.7 Å². The van der Waals surface area contributed by atoms with E-state index in [0.29, 0.717) is 5.02 Å². The Morgan fingerprint density at radius 3 is 2.67 bits per heavy atom. The summed E-state index contributed by atoms with van der Waals surface area (Å²) >= 11 is 6.00. The maximum absolute atomic E-state index is 13.0. The van der Waals surface area contributed by atoms with E-state index in [-0.39, 0.29) is 12.2 Å². The SMILES string of the molecule is COc1cccc([C@H]2N(c3ccc(Cl)cc3)C(=O)N3CCCN23)c1. The maximum atomic E-state index is 13.0. The fourth-order valence-corrected chi connectivity index (χ4v) is 3.56. The Balaban J connectivity index is 1.80. The molecule has 2 heterocycles. The molecule has 0 saturated carbocycles. The van der Waals surface area contributed by atoms with Crippen LogP contribution in [0.1, 0.15) is 18.2 Å². The largest absolute Gasteiger partial charge is 0.497 e. The van der Waals surface area contributed by atoms with Gasteiger partial charge in [0, 0.05) is 23.8 Å². The molecule has 0 aliphatic carbocycles. The Morgan fingerprint density at radius 1 is 1.12 bits per heavy atom. The van der Waals surface area contributed by atoms with Crippen molar-refractivity contribution in [2.45, 2.75) is 12.6 Å². The first-order valence-electron chi connectivity index (χ1n) is 7.96. The van der Waals surface area contributed by atoms with E-state index in [4.69, 9.17) is 16.3 Å². The second-order valence-corrected chi connectivity index (χ2v) is 6.36. The van der Waals surface area contributed by atoms with Crippen LogP contribution in [0.25, 0.3) is 0 Å². The number of rotatable bonds is 3. The Labute approximate surface area is 145 Å². The van der Waals surface area contributed by atoms with Crippen LogP contribution in [0.4, 0.5) is 10.5 Å². The number of methoxy groups -OCH3 is 1. The monoisotopic (exact) mass is 343 g/mol. The number of carbonyl (C=O) groups is 1. The average Bonchev–Trinajstić information content (AvgIpc) is 3.18. The lowest BCUT2D eigenvalue weighted by molar-refractivity contribution is 0.0727. The molecule has 2 amide bonds. The molecule has 6 heteroatoms. The van der Waals surface area contributed by atoms with Crippen molar-refractivity contribution in [1.29, 1.82) is 0 Å². The Bertz CT molecular complexity index is 765. The van der Waals surface area contributed by atoms with Gasteiger partial charge in [0.1, 0.15) is 11.9 Å². The van der Waals surface area contributed by atoms with Crippen molar-refractivity contribution in [3.05, 3.63) is 59.1 Å². The normalized spacial score (nSPS) is 20.6. The standard InChI is InChI=1S/C18H18ClN3O2/c1-24-16-5-2-4-13(12-16)17-20-10-3-11-21(20)18(23)22(17)15-8-6-14(19)7-9-15/h2,4-9,12,17H,3,10-11H2,1H3/t17-/m1/s1. The second-order valence-electron chi connectivity index (χ2n) is 5.92. The number of ether oxygens (including phenoxy) is 1. The van der Waals surface area contributed by atoms with Gasteiger partial charge in [-0.3, -0.25) is 9.91 Å². The number of amides is 2. The summed E-state index contributed by atoms with van der Waals surface area (Å²) in [5, 5.41) is 4.62. The lowest BCUT2D eigenvalue weighted by Gasteiger charge is -2.28. The number of nitrogens with zero attached hydrogens (tertiary/aromatic N) is 3. The highest BCUT2D eigenvalue weighted by Crippen LogP contribution is 2.41. The molecule has 1 atom stereocenters. The molecule has 2 aromatic rings. The molecule has 0 spiro atoms. The highest BCUT2D eigenvalue weighted by molar-refractivity contribution is 6.30. The van der Waals surface area contributed by atoms with Crippen molar-refractivity contribution in [3.8, 4) is 5.75 Å². The topological polar surface area (TPSA) is 36.0 Å². The molecule has 0 aromatic heterocycles. The van der Waals surface area contributed by atoms with Crippen molar-refractivity contribution in [3.63, 3.8) is 0 Å². The van der Waals surface area contributed by atoms with Gasteiger partial charge in [0.05, 0.1) is 7.11 Å². The maximum Gasteiger partial charge on any atom is 0.340 e. The number of anilines is 1. The van der Waals surface area contributed by atoms with E-state index in [1.54, 1.807) is 7.11 Å². The molecule has 0 bridgehead atoms. The fraction of sp³-hybridized carbons (Fsp3) is 0.278. The summed E-state index contributed by atoms with van der Waals surface area (Å²) in [6.45, 7) is 1.61. The number of benzene rings is 2. The summed E-state index contributed by atoms with van der Waals surface area (Å²) in [6.07, 6.45) is 0.817. The summed E-state index contributed by atoms with van der Waals surface area (Å²) in [7, 11) is 1.65. The van der Waals surface area contributed by atoms with Crippen molar-refractivity contribution in [2.24, 2.45) is 0 Å². The van der Waals surface area contributed by atoms with Crippen molar-refractivity contribution in [2.75, 3.05) is 25.1 Å². The molecule has 0 unspecified atom stereocenters. The molecule has 2 fully saturated rings. The zero-order valence-corrected chi connectivity index (χ0v) is 14.1. The Morgan fingerprint density at radius 2 is 1.92 bits per heavy atom. The van der Waals surface area contributed by atoms with E-state index in [1.807, 2.05) is 58.4 Å². The first-order chi connectivity index (χ1) is 11.7. The molecule has 2 aliphatic heterocycles. The van der Waals surface area contributed by atoms with Gasteiger partial charge in [-0.05, 0) is 48.4 Å². The molecule has 2 aromatic carbocycles. The van der Waals surface area contributed by atoms with E-state index in [2.05, 4.69) is 5.01 Å². The molecule has 5 nitrogen and oxygen atoms in total. The minimum Gasteiger partial charge on any atom is -0.497 e. The molecule has 0 N–H and O–H groups in total. The third-order valence-corrected chi connectivity index (χ3v) is 4.77. The zero-order chi connectivity index (χ0) is 16.7. The van der Waals surface area contributed by atoms with Gasteiger partial charge >= 0.3 is 6.03 Å². The van der Waals surface area contributed by atoms with Gasteiger partial charge in [-0.25, -0.2) is 4.79 Å². The van der Waals surface area contributed by atoms with Crippen molar-refractivity contribution < 1.29 is 9.53 Å². The van der Waals surface area contributed by atoms with Crippen LogP contribution < -0.4 is 9.64 Å². The summed E-state index contributed by atoms with van der Waals surface area (Å²) in [5.41, 5.74) is 1.87. The molecule has 2 saturated heterocycles. The number of hydrogen-bond donors (Lipinski definition) is 0. The van der Waals surface area contributed by atoms with E-state index < -0.39 is 0 Å². The fourth-order valence-electron chi connectivity index (χ4n) is 3.43. The molecule has 0 radical (unpaired) electrons. The van der Waals surface area contributed by atoms with E-state index in [0.717, 1.165) is 36.5 Å². The second kappa shape index (κ2) is 6.00. The van der Waals surface area contributed by atoms with E-state index >= 15 is 0 Å². The van der Waals surface area contributed by atoms with Gasteiger partial charge in [-0.15, -0.1) is 0 Å². The lowest BCUT2D eigenvalue weighted by atomic mass is 10.1. The summed E-state index contributed by atoms with van der Waals surface area (Å²) in [6, 6.07) is 15.3. The quantitative estimate of drug-likeness (QED) is 0.847. The summed E-state index contributed by atoms with van der Waals surface area (Å²) in [4.78, 5) is 14.8. The van der Waals surface area contributed by atoms with Gasteiger partial charge in [0.25, 0.3) is 0 Å². The van der Waals surface area contributed by atoms with Crippen LogP contribution in [0, 0.1) is 0 Å². The molecular weight excluding hydrogens is 326 g/mol. The number of hydrazine groups is 1. The molecular formula is C18H18ClN3O2. The van der Waals surface area contributed by atoms with Crippen molar-refractivity contribution in [1.82, 2.24) is 10.0 Å². The summed E-state index contributed by atoms with van der Waals surface area (Å²) < 4.78 is 5.36. The third kappa shape index (κ3) is 2.41. The van der Waals surface area contributed by atoms with Crippen LogP contribution in [-0.4, -0.2) is 36.2 Å². The Hall–Kier alpha value is -2.24. The van der Waals surface area contributed by atoms with E-state index in [9.17, 15) is 4.79 Å². The van der Waals surface area contributed by atoms with Gasteiger partial charge in [0.2, 0.25) is 0 Å². The van der Waals surface area contributed by atoms with Gasteiger partial charge in [0.15, 0.2) is 0 Å². The van der Waals surface area contributed by atoms with Gasteiger partial charge < -0.3 is 4.74 Å². The zero-order valence-electron chi connectivity index (χ0n) is 13.4. The average molecular weight is 344 g/mol. The highest BCUT2D eigenvalue weighted by Gasteiger charge is 2.47. The Kier molecular flexibility index (Phi) is 3.82. The number of halogens is 1. The summed E-state index contributed by atoms with van der Waals surface area (Å²) in [5.74, 6) is 0.786. The van der Waals surface area contributed by atoms with Crippen LogP contribution in [0.3, 0.4) is 0 Å². The predicted octanol–water partition coefficient (Wildman–Crippen LogP) is 3.91. The lowest BCUT2D eigenvalue weighted by Crippen LogP contribution is -2.32.